The number of carbonyl (C=O) groups excluding carboxylic acids is 2. The fraction of sp³-hybridized carbons (Fsp3) is 0.900. The number of rotatable bonds is 9. The second-order valence-corrected chi connectivity index (χ2v) is 8.31. The van der Waals surface area contributed by atoms with Crippen LogP contribution in [-0.2, 0) is 23.8 Å². The van der Waals surface area contributed by atoms with Crippen molar-refractivity contribution in [1.29, 1.82) is 0 Å². The number of epoxide rings is 2. The molecule has 2 aliphatic carbocycles. The summed E-state index contributed by atoms with van der Waals surface area (Å²) >= 11 is 0. The van der Waals surface area contributed by atoms with Crippen molar-refractivity contribution in [2.45, 2.75) is 108 Å². The lowest BCUT2D eigenvalue weighted by Gasteiger charge is -2.19. The smallest absolute Gasteiger partial charge is 0.306 e. The number of hydrogen-bond acceptors (Lipinski definition) is 5. The van der Waals surface area contributed by atoms with E-state index in [4.69, 9.17) is 14.2 Å². The Kier molecular flexibility index (Phi) is 5.41. The zero-order chi connectivity index (χ0) is 17.2. The minimum atomic E-state index is -0.113. The molecule has 4 rings (SSSR count). The zero-order valence-corrected chi connectivity index (χ0v) is 15.0. The second kappa shape index (κ2) is 7.75. The van der Waals surface area contributed by atoms with Crippen molar-refractivity contribution in [2.24, 2.45) is 5.92 Å². The summed E-state index contributed by atoms with van der Waals surface area (Å²) in [5.41, 5.74) is 0. The van der Waals surface area contributed by atoms with E-state index in [1.54, 1.807) is 0 Å². The summed E-state index contributed by atoms with van der Waals surface area (Å²) in [5.74, 6) is 0.905. The summed E-state index contributed by atoms with van der Waals surface area (Å²) < 4.78 is 16.5. The molecule has 6 unspecified atom stereocenters. The largest absolute Gasteiger partial charge is 0.462 e. The fourth-order valence-electron chi connectivity index (χ4n) is 4.55. The molecule has 0 N–H and O–H groups in total. The molecule has 0 aromatic carbocycles. The van der Waals surface area contributed by atoms with E-state index >= 15 is 0 Å². The summed E-state index contributed by atoms with van der Waals surface area (Å²) in [6.07, 6.45) is 12.5. The van der Waals surface area contributed by atoms with Gasteiger partial charge in [-0.3, -0.25) is 9.59 Å². The minimum absolute atomic E-state index is 0.0448. The van der Waals surface area contributed by atoms with Crippen LogP contribution in [0.3, 0.4) is 0 Å². The first-order chi connectivity index (χ1) is 12.2. The lowest BCUT2D eigenvalue weighted by Crippen LogP contribution is -2.24. The molecule has 0 aromatic rings. The molecule has 2 aliphatic heterocycles. The Morgan fingerprint density at radius 3 is 2.28 bits per heavy atom. The van der Waals surface area contributed by atoms with E-state index in [9.17, 15) is 9.59 Å². The van der Waals surface area contributed by atoms with Gasteiger partial charge in [0.15, 0.2) is 0 Å². The van der Waals surface area contributed by atoms with Crippen molar-refractivity contribution in [3.63, 3.8) is 0 Å². The molecule has 0 bridgehead atoms. The third-order valence-electron chi connectivity index (χ3n) is 6.28. The highest BCUT2D eigenvalue weighted by Gasteiger charge is 2.45. The molecule has 0 radical (unpaired) electrons. The molecule has 4 aliphatic rings. The van der Waals surface area contributed by atoms with Crippen LogP contribution in [0.1, 0.15) is 77.0 Å². The van der Waals surface area contributed by atoms with Gasteiger partial charge in [-0.25, -0.2) is 0 Å². The Morgan fingerprint density at radius 2 is 1.52 bits per heavy atom. The van der Waals surface area contributed by atoms with Gasteiger partial charge in [0, 0.05) is 25.7 Å². The Bertz CT molecular complexity index is 504. The van der Waals surface area contributed by atoms with Crippen LogP contribution in [0.25, 0.3) is 0 Å². The lowest BCUT2D eigenvalue weighted by atomic mass is 9.85. The molecule has 5 heteroatoms. The van der Waals surface area contributed by atoms with Crippen molar-refractivity contribution in [3.8, 4) is 0 Å². The zero-order valence-electron chi connectivity index (χ0n) is 15.0. The van der Waals surface area contributed by atoms with Crippen LogP contribution in [0.15, 0.2) is 0 Å². The summed E-state index contributed by atoms with van der Waals surface area (Å²) in [6.45, 7) is 0. The number of unbranched alkanes of at least 4 members (excludes halogenated alkanes) is 1. The van der Waals surface area contributed by atoms with Gasteiger partial charge in [0.1, 0.15) is 11.9 Å². The molecule has 140 valence electrons. The summed E-state index contributed by atoms with van der Waals surface area (Å²) in [4.78, 5) is 23.9. The highest BCUT2D eigenvalue weighted by atomic mass is 16.6. The van der Waals surface area contributed by atoms with Gasteiger partial charge in [-0.1, -0.05) is 0 Å². The van der Waals surface area contributed by atoms with Gasteiger partial charge < -0.3 is 14.2 Å². The number of esters is 1. The quantitative estimate of drug-likeness (QED) is 0.362. The number of Topliss-reactive ketones (excluding diaryl/α,β-unsaturated/α-hetero) is 1. The maximum Gasteiger partial charge on any atom is 0.306 e. The van der Waals surface area contributed by atoms with Crippen LogP contribution >= 0.6 is 0 Å². The van der Waals surface area contributed by atoms with Gasteiger partial charge in [-0.15, -0.1) is 0 Å². The summed E-state index contributed by atoms with van der Waals surface area (Å²) in [6, 6.07) is 0. The van der Waals surface area contributed by atoms with E-state index in [2.05, 4.69) is 0 Å². The molecule has 4 fully saturated rings. The number of carbonyl (C=O) groups is 2. The molecule has 5 nitrogen and oxygen atoms in total. The molecule has 2 heterocycles. The Morgan fingerprint density at radius 1 is 0.800 bits per heavy atom. The van der Waals surface area contributed by atoms with Crippen molar-refractivity contribution in [2.75, 3.05) is 0 Å². The predicted molar refractivity (Wildman–Crippen MR) is 91.1 cm³/mol. The van der Waals surface area contributed by atoms with Crippen LogP contribution < -0.4 is 0 Å². The fourth-order valence-corrected chi connectivity index (χ4v) is 4.55. The molecule has 0 spiro atoms. The molecule has 0 aromatic heterocycles. The Labute approximate surface area is 149 Å². The minimum Gasteiger partial charge on any atom is -0.462 e. The van der Waals surface area contributed by atoms with Gasteiger partial charge in [0.25, 0.3) is 0 Å². The average Bonchev–Trinajstić information content (AvgIpc) is 3.50. The first kappa shape index (κ1) is 17.5. The molecule has 0 amide bonds. The predicted octanol–water partition coefficient (Wildman–Crippen LogP) is 3.33. The highest BCUT2D eigenvalue weighted by Crippen LogP contribution is 2.41. The van der Waals surface area contributed by atoms with E-state index in [-0.39, 0.29) is 12.1 Å². The monoisotopic (exact) mass is 350 g/mol. The third kappa shape index (κ3) is 5.04. The van der Waals surface area contributed by atoms with Crippen molar-refractivity contribution >= 4 is 11.8 Å². The standard InChI is InChI=1S/C20H30O5/c21-14(7-5-13-6-9-16-18(11-13)24-16)3-1-2-4-20(22)23-15-8-10-17-19(12-15)25-17/h13,15-19H,1-12H2. The van der Waals surface area contributed by atoms with E-state index in [1.807, 2.05) is 0 Å². The molecule has 2 saturated heterocycles. The summed E-state index contributed by atoms with van der Waals surface area (Å²) in [7, 11) is 0. The Hall–Kier alpha value is -0.940. The molecule has 6 atom stereocenters. The van der Waals surface area contributed by atoms with Crippen molar-refractivity contribution in [1.82, 2.24) is 0 Å². The number of fused-ring (bicyclic) bond motifs is 2. The molecular formula is C20H30O5. The van der Waals surface area contributed by atoms with Crippen molar-refractivity contribution < 1.29 is 23.8 Å². The third-order valence-corrected chi connectivity index (χ3v) is 6.28. The van der Waals surface area contributed by atoms with E-state index in [0.717, 1.165) is 44.9 Å². The normalized spacial score (nSPS) is 38.4. The van der Waals surface area contributed by atoms with Crippen LogP contribution in [-0.4, -0.2) is 42.3 Å². The SMILES string of the molecule is O=C(CCCCC(=O)OC1CCC2OC2C1)CCC1CCC2OC2C1. The van der Waals surface area contributed by atoms with Crippen LogP contribution in [0, 0.1) is 5.92 Å². The van der Waals surface area contributed by atoms with E-state index < -0.39 is 0 Å². The molecular weight excluding hydrogens is 320 g/mol. The Balaban J connectivity index is 1.02. The van der Waals surface area contributed by atoms with Crippen LogP contribution in [0.4, 0.5) is 0 Å². The van der Waals surface area contributed by atoms with E-state index in [0.29, 0.717) is 55.4 Å². The number of hydrogen-bond donors (Lipinski definition) is 0. The van der Waals surface area contributed by atoms with Gasteiger partial charge >= 0.3 is 5.97 Å². The first-order valence-electron chi connectivity index (χ1n) is 10.2. The first-order valence-corrected chi connectivity index (χ1v) is 10.2. The number of ether oxygens (including phenoxy) is 3. The lowest BCUT2D eigenvalue weighted by molar-refractivity contribution is -0.150. The van der Waals surface area contributed by atoms with Gasteiger partial charge in [-0.05, 0) is 57.3 Å². The van der Waals surface area contributed by atoms with Gasteiger partial charge in [-0.2, -0.15) is 0 Å². The van der Waals surface area contributed by atoms with Gasteiger partial charge in [0.05, 0.1) is 24.4 Å². The van der Waals surface area contributed by atoms with Crippen LogP contribution in [0.5, 0.6) is 0 Å². The number of ketones is 1. The topological polar surface area (TPSA) is 68.4 Å². The van der Waals surface area contributed by atoms with Gasteiger partial charge in [0.2, 0.25) is 0 Å². The molecule has 2 saturated carbocycles. The summed E-state index contributed by atoms with van der Waals surface area (Å²) in [5, 5.41) is 0. The second-order valence-electron chi connectivity index (χ2n) is 8.31. The maximum absolute atomic E-state index is 12.0. The van der Waals surface area contributed by atoms with Crippen molar-refractivity contribution in [3.05, 3.63) is 0 Å². The van der Waals surface area contributed by atoms with Crippen LogP contribution in [0.2, 0.25) is 0 Å². The highest BCUT2D eigenvalue weighted by molar-refractivity contribution is 5.78. The maximum atomic E-state index is 12.0. The average molecular weight is 350 g/mol. The van der Waals surface area contributed by atoms with E-state index in [1.165, 1.54) is 12.8 Å². The molecule has 25 heavy (non-hydrogen) atoms.